The molecule has 0 unspecified atom stereocenters. The van der Waals surface area contributed by atoms with Gasteiger partial charge in [-0.2, -0.15) is 0 Å². The molecule has 0 saturated carbocycles. The van der Waals surface area contributed by atoms with Crippen LogP contribution in [0.5, 0.6) is 0 Å². The maximum absolute atomic E-state index is 10.4. The highest BCUT2D eigenvalue weighted by molar-refractivity contribution is 8.00. The molecular weight excluding hydrogens is 180 g/mol. The van der Waals surface area contributed by atoms with Crippen LogP contribution in [0.3, 0.4) is 0 Å². The lowest BCUT2D eigenvalue weighted by Gasteiger charge is -2.20. The highest BCUT2D eigenvalue weighted by Gasteiger charge is 2.18. The number of carbonyl (C=O) groups is 1. The van der Waals surface area contributed by atoms with Gasteiger partial charge in [-0.1, -0.05) is 18.2 Å². The molecule has 0 saturated heterocycles. The largest absolute Gasteiger partial charge is 0.303 e. The Kier molecular flexibility index (Phi) is 3.55. The van der Waals surface area contributed by atoms with E-state index in [1.807, 2.05) is 18.2 Å². The molecule has 0 atom stereocenters. The van der Waals surface area contributed by atoms with Crippen LogP contribution in [0.4, 0.5) is 0 Å². The Balaban J connectivity index is 2.63. The highest BCUT2D eigenvalue weighted by atomic mass is 32.2. The molecule has 1 aromatic carbocycles. The molecule has 1 aromatic rings. The van der Waals surface area contributed by atoms with Gasteiger partial charge in [0.2, 0.25) is 0 Å². The molecule has 0 amide bonds. The van der Waals surface area contributed by atoms with Crippen LogP contribution in [0.1, 0.15) is 20.3 Å². The molecule has 1 rings (SSSR count). The van der Waals surface area contributed by atoms with Gasteiger partial charge in [-0.25, -0.2) is 0 Å². The van der Waals surface area contributed by atoms with Crippen molar-refractivity contribution in [2.24, 2.45) is 0 Å². The topological polar surface area (TPSA) is 17.1 Å². The van der Waals surface area contributed by atoms with Crippen LogP contribution < -0.4 is 0 Å². The Morgan fingerprint density at radius 2 is 1.92 bits per heavy atom. The number of carbonyl (C=O) groups excluding carboxylic acids is 1. The van der Waals surface area contributed by atoms with Gasteiger partial charge < -0.3 is 4.79 Å². The Bertz CT molecular complexity index is 267. The fourth-order valence-electron chi connectivity index (χ4n) is 1.05. The second-order valence-corrected chi connectivity index (χ2v) is 5.33. The van der Waals surface area contributed by atoms with E-state index in [4.69, 9.17) is 0 Å². The average Bonchev–Trinajstić information content (AvgIpc) is 2.04. The Morgan fingerprint density at radius 3 is 2.46 bits per heavy atom. The van der Waals surface area contributed by atoms with Gasteiger partial charge in [-0.15, -0.1) is 11.8 Å². The van der Waals surface area contributed by atoms with E-state index in [9.17, 15) is 4.79 Å². The number of hydrogen-bond donors (Lipinski definition) is 0. The van der Waals surface area contributed by atoms with E-state index in [0.717, 1.165) is 6.29 Å². The first kappa shape index (κ1) is 10.3. The first-order valence-electron chi connectivity index (χ1n) is 4.32. The van der Waals surface area contributed by atoms with E-state index in [-0.39, 0.29) is 4.75 Å². The molecule has 0 spiro atoms. The quantitative estimate of drug-likeness (QED) is 0.541. The summed E-state index contributed by atoms with van der Waals surface area (Å²) >= 11 is 1.74. The van der Waals surface area contributed by atoms with Gasteiger partial charge in [0.05, 0.1) is 0 Å². The first-order valence-corrected chi connectivity index (χ1v) is 5.13. The van der Waals surface area contributed by atoms with Gasteiger partial charge in [0, 0.05) is 16.1 Å². The third-order valence-electron chi connectivity index (χ3n) is 1.71. The van der Waals surface area contributed by atoms with E-state index in [1.165, 1.54) is 4.90 Å². The maximum atomic E-state index is 10.4. The molecule has 0 N–H and O–H groups in total. The second kappa shape index (κ2) is 4.47. The van der Waals surface area contributed by atoms with Crippen LogP contribution in [0.25, 0.3) is 0 Å². The zero-order chi connectivity index (χ0) is 9.73. The van der Waals surface area contributed by atoms with Crippen molar-refractivity contribution < 1.29 is 4.79 Å². The molecule has 1 nitrogen and oxygen atoms in total. The molecule has 0 aromatic heterocycles. The fourth-order valence-corrected chi connectivity index (χ4v) is 2.13. The van der Waals surface area contributed by atoms with E-state index >= 15 is 0 Å². The first-order chi connectivity index (χ1) is 6.14. The Labute approximate surface area is 83.5 Å². The SMILES string of the molecule is CC(C)(CC=O)Sc1ccccc1. The Morgan fingerprint density at radius 1 is 1.31 bits per heavy atom. The summed E-state index contributed by atoms with van der Waals surface area (Å²) in [6, 6.07) is 10.2. The zero-order valence-electron chi connectivity index (χ0n) is 7.99. The van der Waals surface area contributed by atoms with Crippen molar-refractivity contribution in [2.45, 2.75) is 29.9 Å². The number of aldehydes is 1. The minimum absolute atomic E-state index is 0.00308. The summed E-state index contributed by atoms with van der Waals surface area (Å²) in [7, 11) is 0. The van der Waals surface area contributed by atoms with Crippen molar-refractivity contribution in [3.05, 3.63) is 30.3 Å². The minimum atomic E-state index is 0.00308. The van der Waals surface area contributed by atoms with E-state index in [1.54, 1.807) is 11.8 Å². The predicted molar refractivity (Wildman–Crippen MR) is 57.1 cm³/mol. The summed E-state index contributed by atoms with van der Waals surface area (Å²) in [5.74, 6) is 0. The number of hydrogen-bond acceptors (Lipinski definition) is 2. The minimum Gasteiger partial charge on any atom is -0.303 e. The van der Waals surface area contributed by atoms with Gasteiger partial charge in [0.15, 0.2) is 0 Å². The molecule has 0 bridgehead atoms. The van der Waals surface area contributed by atoms with Gasteiger partial charge >= 0.3 is 0 Å². The Hall–Kier alpha value is -0.760. The molecular formula is C11H14OS. The standard InChI is InChI=1S/C11H14OS/c1-11(2,8-9-12)13-10-6-4-3-5-7-10/h3-7,9H,8H2,1-2H3. The maximum Gasteiger partial charge on any atom is 0.121 e. The lowest BCUT2D eigenvalue weighted by atomic mass is 10.1. The lowest BCUT2D eigenvalue weighted by molar-refractivity contribution is -0.108. The smallest absolute Gasteiger partial charge is 0.121 e. The molecule has 0 heterocycles. The summed E-state index contributed by atoms with van der Waals surface area (Å²) in [5, 5.41) is 0. The summed E-state index contributed by atoms with van der Waals surface area (Å²) in [4.78, 5) is 11.6. The number of thioether (sulfide) groups is 1. The van der Waals surface area contributed by atoms with Crippen molar-refractivity contribution >= 4 is 18.0 Å². The van der Waals surface area contributed by atoms with Crippen LogP contribution in [-0.2, 0) is 4.79 Å². The molecule has 13 heavy (non-hydrogen) atoms. The normalized spacial score (nSPS) is 11.2. The van der Waals surface area contributed by atoms with Crippen LogP contribution in [-0.4, -0.2) is 11.0 Å². The predicted octanol–water partition coefficient (Wildman–Crippen LogP) is 3.15. The van der Waals surface area contributed by atoms with Crippen molar-refractivity contribution in [3.8, 4) is 0 Å². The van der Waals surface area contributed by atoms with E-state index in [2.05, 4.69) is 26.0 Å². The molecule has 0 aliphatic rings. The third-order valence-corrected chi connectivity index (χ3v) is 2.94. The summed E-state index contributed by atoms with van der Waals surface area (Å²) in [5.41, 5.74) is 0. The van der Waals surface area contributed by atoms with Crippen molar-refractivity contribution in [2.75, 3.05) is 0 Å². The van der Waals surface area contributed by atoms with Crippen LogP contribution in [0, 0.1) is 0 Å². The molecule has 0 radical (unpaired) electrons. The number of benzene rings is 1. The van der Waals surface area contributed by atoms with Crippen LogP contribution in [0.15, 0.2) is 35.2 Å². The molecule has 0 fully saturated rings. The van der Waals surface area contributed by atoms with Gasteiger partial charge in [0.25, 0.3) is 0 Å². The molecule has 0 aliphatic carbocycles. The number of rotatable bonds is 4. The molecule has 0 aliphatic heterocycles. The zero-order valence-corrected chi connectivity index (χ0v) is 8.80. The lowest BCUT2D eigenvalue weighted by Crippen LogP contribution is -2.14. The highest BCUT2D eigenvalue weighted by Crippen LogP contribution is 2.33. The molecule has 2 heteroatoms. The van der Waals surface area contributed by atoms with Crippen molar-refractivity contribution in [3.63, 3.8) is 0 Å². The van der Waals surface area contributed by atoms with Gasteiger partial charge in [-0.3, -0.25) is 0 Å². The van der Waals surface area contributed by atoms with E-state index < -0.39 is 0 Å². The summed E-state index contributed by atoms with van der Waals surface area (Å²) < 4.78 is 0.00308. The molecule has 70 valence electrons. The monoisotopic (exact) mass is 194 g/mol. The van der Waals surface area contributed by atoms with E-state index in [0.29, 0.717) is 6.42 Å². The third kappa shape index (κ3) is 3.64. The van der Waals surface area contributed by atoms with Crippen LogP contribution >= 0.6 is 11.8 Å². The van der Waals surface area contributed by atoms with Gasteiger partial charge in [0.1, 0.15) is 6.29 Å². The fraction of sp³-hybridized carbons (Fsp3) is 0.364. The van der Waals surface area contributed by atoms with Gasteiger partial charge in [-0.05, 0) is 26.0 Å². The van der Waals surface area contributed by atoms with Crippen LogP contribution in [0.2, 0.25) is 0 Å². The summed E-state index contributed by atoms with van der Waals surface area (Å²) in [6.07, 6.45) is 1.57. The second-order valence-electron chi connectivity index (χ2n) is 3.55. The average molecular weight is 194 g/mol. The summed E-state index contributed by atoms with van der Waals surface area (Å²) in [6.45, 7) is 4.16. The van der Waals surface area contributed by atoms with Crippen molar-refractivity contribution in [1.82, 2.24) is 0 Å². The van der Waals surface area contributed by atoms with Crippen molar-refractivity contribution in [1.29, 1.82) is 0 Å².